The standard InChI is InChI=1S/C28H27N3O5S/c1-4-28(19-7-8-19)23(26(32)30(29-28)20-9-5-18(6-10-20)27(33)34)15-21-11-12-25(37-21)22-13-16(2)17(3)14-24(22)31(35)36/h5-6,9-15,19,29H,4,7-8H2,1-3H3,(H,33,34). The van der Waals surface area contributed by atoms with Crippen LogP contribution in [-0.2, 0) is 4.79 Å². The summed E-state index contributed by atoms with van der Waals surface area (Å²) in [6.45, 7) is 5.85. The number of hydrazine groups is 1. The van der Waals surface area contributed by atoms with Crippen molar-refractivity contribution in [3.63, 3.8) is 0 Å². The number of anilines is 1. The van der Waals surface area contributed by atoms with Crippen molar-refractivity contribution < 1.29 is 19.6 Å². The Kier molecular flexibility index (Phi) is 6.21. The second-order valence-electron chi connectivity index (χ2n) is 9.67. The van der Waals surface area contributed by atoms with Crippen LogP contribution < -0.4 is 10.4 Å². The van der Waals surface area contributed by atoms with Crippen molar-refractivity contribution in [3.05, 3.63) is 85.8 Å². The van der Waals surface area contributed by atoms with Gasteiger partial charge in [0.15, 0.2) is 0 Å². The molecule has 1 aliphatic heterocycles. The summed E-state index contributed by atoms with van der Waals surface area (Å²) in [4.78, 5) is 38.0. The number of hydrogen-bond acceptors (Lipinski definition) is 6. The van der Waals surface area contributed by atoms with Gasteiger partial charge in [-0.3, -0.25) is 14.9 Å². The van der Waals surface area contributed by atoms with E-state index in [2.05, 4.69) is 12.3 Å². The van der Waals surface area contributed by atoms with Crippen LogP contribution >= 0.6 is 11.3 Å². The maximum absolute atomic E-state index is 13.7. The third-order valence-corrected chi connectivity index (χ3v) is 8.48. The number of carboxylic acids is 1. The average molecular weight is 518 g/mol. The number of carboxylic acid groups (broad SMARTS) is 1. The molecule has 2 fully saturated rings. The molecule has 1 saturated carbocycles. The van der Waals surface area contributed by atoms with E-state index >= 15 is 0 Å². The third kappa shape index (κ3) is 4.34. The van der Waals surface area contributed by atoms with Gasteiger partial charge in [-0.1, -0.05) is 6.92 Å². The molecule has 0 bridgehead atoms. The lowest BCUT2D eigenvalue weighted by atomic mass is 9.83. The highest BCUT2D eigenvalue weighted by molar-refractivity contribution is 7.16. The molecule has 5 rings (SSSR count). The highest BCUT2D eigenvalue weighted by Crippen LogP contribution is 2.50. The van der Waals surface area contributed by atoms with Crippen molar-refractivity contribution in [1.29, 1.82) is 0 Å². The van der Waals surface area contributed by atoms with Crippen molar-refractivity contribution >= 4 is 40.7 Å². The van der Waals surface area contributed by atoms with Gasteiger partial charge >= 0.3 is 5.97 Å². The second kappa shape index (κ2) is 9.24. The molecule has 2 N–H and O–H groups in total. The van der Waals surface area contributed by atoms with Crippen molar-refractivity contribution in [2.24, 2.45) is 5.92 Å². The van der Waals surface area contributed by atoms with Crippen LogP contribution in [0.3, 0.4) is 0 Å². The average Bonchev–Trinajstić information content (AvgIpc) is 3.56. The van der Waals surface area contributed by atoms with Gasteiger partial charge in [-0.15, -0.1) is 11.3 Å². The molecule has 37 heavy (non-hydrogen) atoms. The van der Waals surface area contributed by atoms with Crippen molar-refractivity contribution in [2.75, 3.05) is 5.01 Å². The summed E-state index contributed by atoms with van der Waals surface area (Å²) in [7, 11) is 0. The number of nitro benzene ring substituents is 1. The summed E-state index contributed by atoms with van der Waals surface area (Å²) >= 11 is 1.42. The van der Waals surface area contributed by atoms with Crippen LogP contribution in [0.15, 0.2) is 54.1 Å². The van der Waals surface area contributed by atoms with E-state index in [1.165, 1.54) is 28.5 Å². The lowest BCUT2D eigenvalue weighted by molar-refractivity contribution is -0.384. The van der Waals surface area contributed by atoms with E-state index in [9.17, 15) is 24.8 Å². The molecular formula is C28H27N3O5S. The van der Waals surface area contributed by atoms with Crippen LogP contribution in [0.2, 0.25) is 0 Å². The zero-order valence-electron chi connectivity index (χ0n) is 20.8. The highest BCUT2D eigenvalue weighted by atomic mass is 32.1. The van der Waals surface area contributed by atoms with Gasteiger partial charge in [0.25, 0.3) is 11.6 Å². The molecule has 2 heterocycles. The predicted molar refractivity (Wildman–Crippen MR) is 144 cm³/mol. The van der Waals surface area contributed by atoms with E-state index in [1.54, 1.807) is 18.2 Å². The van der Waals surface area contributed by atoms with Crippen molar-refractivity contribution in [1.82, 2.24) is 5.43 Å². The van der Waals surface area contributed by atoms with E-state index in [0.717, 1.165) is 33.7 Å². The number of aromatic carboxylic acids is 1. The van der Waals surface area contributed by atoms with E-state index in [0.29, 0.717) is 29.2 Å². The van der Waals surface area contributed by atoms with Crippen LogP contribution in [0, 0.1) is 29.9 Å². The first-order chi connectivity index (χ1) is 17.6. The number of aryl methyl sites for hydroxylation is 2. The Balaban J connectivity index is 1.54. The molecule has 1 unspecified atom stereocenters. The minimum Gasteiger partial charge on any atom is -0.478 e. The Bertz CT molecular complexity index is 1450. The maximum Gasteiger partial charge on any atom is 0.335 e. The smallest absolute Gasteiger partial charge is 0.335 e. The zero-order valence-corrected chi connectivity index (χ0v) is 21.6. The first kappa shape index (κ1) is 24.9. The molecule has 190 valence electrons. The normalized spacial score (nSPS) is 20.6. The molecule has 8 nitrogen and oxygen atoms in total. The topological polar surface area (TPSA) is 113 Å². The molecule has 0 spiro atoms. The Morgan fingerprint density at radius 3 is 2.46 bits per heavy atom. The lowest BCUT2D eigenvalue weighted by Crippen LogP contribution is -2.48. The number of hydrogen-bond donors (Lipinski definition) is 2. The van der Waals surface area contributed by atoms with E-state index in [1.807, 2.05) is 38.1 Å². The molecule has 9 heteroatoms. The highest BCUT2D eigenvalue weighted by Gasteiger charge is 2.55. The number of nitrogens with one attached hydrogen (secondary N) is 1. The number of carbonyl (C=O) groups is 2. The summed E-state index contributed by atoms with van der Waals surface area (Å²) in [5.74, 6) is -0.883. The van der Waals surface area contributed by atoms with E-state index in [-0.39, 0.29) is 22.1 Å². The van der Waals surface area contributed by atoms with Gasteiger partial charge in [0.1, 0.15) is 0 Å². The minimum atomic E-state index is -1.02. The number of nitro groups is 1. The number of nitrogens with zero attached hydrogens (tertiary/aromatic N) is 2. The fourth-order valence-electron chi connectivity index (χ4n) is 5.06. The quantitative estimate of drug-likeness (QED) is 0.221. The van der Waals surface area contributed by atoms with Crippen LogP contribution in [0.25, 0.3) is 16.5 Å². The van der Waals surface area contributed by atoms with Crippen molar-refractivity contribution in [2.45, 2.75) is 45.6 Å². The molecule has 1 amide bonds. The van der Waals surface area contributed by atoms with Gasteiger partial charge in [-0.05, 0) is 98.7 Å². The third-order valence-electron chi connectivity index (χ3n) is 7.42. The van der Waals surface area contributed by atoms with Crippen LogP contribution in [-0.4, -0.2) is 27.4 Å². The van der Waals surface area contributed by atoms with Gasteiger partial charge in [0, 0.05) is 21.4 Å². The summed E-state index contributed by atoms with van der Waals surface area (Å²) in [6, 6.07) is 13.5. The monoisotopic (exact) mass is 517 g/mol. The maximum atomic E-state index is 13.7. The van der Waals surface area contributed by atoms with Crippen LogP contribution in [0.5, 0.6) is 0 Å². The molecule has 0 radical (unpaired) electrons. The summed E-state index contributed by atoms with van der Waals surface area (Å²) in [5, 5.41) is 22.5. The van der Waals surface area contributed by atoms with Gasteiger partial charge < -0.3 is 5.11 Å². The number of thiophene rings is 1. The Morgan fingerprint density at radius 1 is 1.19 bits per heavy atom. The summed E-state index contributed by atoms with van der Waals surface area (Å²) in [6.07, 6.45) is 4.65. The Morgan fingerprint density at radius 2 is 1.86 bits per heavy atom. The molecule has 3 aromatic rings. The minimum absolute atomic E-state index is 0.0691. The van der Waals surface area contributed by atoms with Gasteiger partial charge in [0.2, 0.25) is 0 Å². The molecule has 1 saturated heterocycles. The van der Waals surface area contributed by atoms with Gasteiger partial charge in [-0.25, -0.2) is 15.2 Å². The fraction of sp³-hybridized carbons (Fsp3) is 0.286. The summed E-state index contributed by atoms with van der Waals surface area (Å²) in [5.41, 5.74) is 6.81. The van der Waals surface area contributed by atoms with Gasteiger partial charge in [0.05, 0.1) is 27.3 Å². The Hall–Kier alpha value is -3.82. The molecule has 2 aliphatic rings. The summed E-state index contributed by atoms with van der Waals surface area (Å²) < 4.78 is 0. The van der Waals surface area contributed by atoms with Crippen LogP contribution in [0.1, 0.15) is 52.5 Å². The number of amides is 1. The molecule has 1 atom stereocenters. The SMILES string of the molecule is CCC1(C2CC2)NN(c2ccc(C(=O)O)cc2)C(=O)C1=Cc1ccc(-c2cc(C)c(C)cc2[N+](=O)[O-])s1. The second-order valence-corrected chi connectivity index (χ2v) is 10.8. The molecule has 2 aromatic carbocycles. The van der Waals surface area contributed by atoms with Crippen molar-refractivity contribution in [3.8, 4) is 10.4 Å². The first-order valence-corrected chi connectivity index (χ1v) is 13.0. The first-order valence-electron chi connectivity index (χ1n) is 12.2. The fourth-order valence-corrected chi connectivity index (χ4v) is 6.04. The van der Waals surface area contributed by atoms with Crippen LogP contribution in [0.4, 0.5) is 11.4 Å². The lowest BCUT2D eigenvalue weighted by Gasteiger charge is -2.29. The van der Waals surface area contributed by atoms with E-state index in [4.69, 9.17) is 0 Å². The number of carbonyl (C=O) groups excluding carboxylic acids is 1. The predicted octanol–water partition coefficient (Wildman–Crippen LogP) is 6.13. The zero-order chi connectivity index (χ0) is 26.5. The number of rotatable bonds is 7. The molecular weight excluding hydrogens is 490 g/mol. The Labute approximate surface area is 218 Å². The molecule has 1 aliphatic carbocycles. The van der Waals surface area contributed by atoms with E-state index < -0.39 is 11.5 Å². The van der Waals surface area contributed by atoms with Gasteiger partial charge in [-0.2, -0.15) is 0 Å². The number of benzene rings is 2. The largest absolute Gasteiger partial charge is 0.478 e. The molecule has 1 aromatic heterocycles.